The van der Waals surface area contributed by atoms with Gasteiger partial charge in [-0.3, -0.25) is 4.68 Å². The molecule has 0 unspecified atom stereocenters. The van der Waals surface area contributed by atoms with Gasteiger partial charge in [0.15, 0.2) is 0 Å². The number of anilines is 1. The van der Waals surface area contributed by atoms with Crippen molar-refractivity contribution in [2.45, 2.75) is 20.4 Å². The molecule has 0 amide bonds. The van der Waals surface area contributed by atoms with Gasteiger partial charge in [0.05, 0.1) is 12.8 Å². The van der Waals surface area contributed by atoms with Crippen LogP contribution in [0.25, 0.3) is 0 Å². The van der Waals surface area contributed by atoms with Crippen LogP contribution in [0.3, 0.4) is 0 Å². The maximum absolute atomic E-state index is 5.38. The van der Waals surface area contributed by atoms with Crippen LogP contribution < -0.4 is 10.1 Å². The van der Waals surface area contributed by atoms with E-state index in [-0.39, 0.29) is 0 Å². The van der Waals surface area contributed by atoms with E-state index in [1.807, 2.05) is 39.4 Å². The third-order valence-corrected chi connectivity index (χ3v) is 2.33. The highest BCUT2D eigenvalue weighted by Crippen LogP contribution is 2.12. The molecule has 0 aliphatic carbocycles. The normalized spacial score (nSPS) is 10.4. The molecule has 2 heterocycles. The number of hydrogen-bond acceptors (Lipinski definition) is 5. The number of nitrogens with zero attached hydrogens (tertiary/aromatic N) is 4. The molecule has 0 aliphatic heterocycles. The van der Waals surface area contributed by atoms with Crippen LogP contribution in [0, 0.1) is 6.92 Å². The maximum atomic E-state index is 5.38. The van der Waals surface area contributed by atoms with Crippen LogP contribution in [0.15, 0.2) is 18.5 Å². The lowest BCUT2D eigenvalue weighted by Crippen LogP contribution is -2.05. The Labute approximate surface area is 106 Å². The van der Waals surface area contributed by atoms with Gasteiger partial charge in [0, 0.05) is 37.1 Å². The van der Waals surface area contributed by atoms with Gasteiger partial charge in [-0.15, -0.1) is 0 Å². The Morgan fingerprint density at radius 3 is 2.89 bits per heavy atom. The van der Waals surface area contributed by atoms with Crippen LogP contribution in [-0.4, -0.2) is 26.4 Å². The smallest absolute Gasteiger partial charge is 0.226 e. The summed E-state index contributed by atoms with van der Waals surface area (Å²) in [5, 5.41) is 7.26. The van der Waals surface area contributed by atoms with E-state index in [1.165, 1.54) is 0 Å². The van der Waals surface area contributed by atoms with Gasteiger partial charge in [-0.2, -0.15) is 10.1 Å². The zero-order valence-electron chi connectivity index (χ0n) is 10.8. The fourth-order valence-electron chi connectivity index (χ4n) is 1.58. The molecule has 0 bridgehead atoms. The minimum atomic E-state index is 0.572. The van der Waals surface area contributed by atoms with Crippen molar-refractivity contribution in [2.75, 3.05) is 11.9 Å². The number of rotatable bonds is 5. The summed E-state index contributed by atoms with van der Waals surface area (Å²) in [6.45, 7) is 5.08. The first-order valence-corrected chi connectivity index (χ1v) is 5.87. The van der Waals surface area contributed by atoms with Crippen molar-refractivity contribution in [1.29, 1.82) is 0 Å². The molecular formula is C12H17N5O. The summed E-state index contributed by atoms with van der Waals surface area (Å²) >= 11 is 0. The second-order valence-corrected chi connectivity index (χ2v) is 3.98. The molecule has 6 heteroatoms. The molecule has 2 aromatic rings. The number of aromatic nitrogens is 4. The first kappa shape index (κ1) is 12.3. The Kier molecular flexibility index (Phi) is 3.76. The SMILES string of the molecule is CCOc1cc(C)nc(NCc2cnn(C)c2)n1. The van der Waals surface area contributed by atoms with E-state index in [0.717, 1.165) is 11.3 Å². The first-order chi connectivity index (χ1) is 8.67. The molecule has 1 N–H and O–H groups in total. The Bertz CT molecular complexity index is 523. The predicted molar refractivity (Wildman–Crippen MR) is 68.5 cm³/mol. The lowest BCUT2D eigenvalue weighted by molar-refractivity contribution is 0.326. The highest BCUT2D eigenvalue weighted by molar-refractivity contribution is 5.31. The van der Waals surface area contributed by atoms with Crippen molar-refractivity contribution in [3.05, 3.63) is 29.7 Å². The second-order valence-electron chi connectivity index (χ2n) is 3.98. The molecule has 0 saturated carbocycles. The highest BCUT2D eigenvalue weighted by atomic mass is 16.5. The molecule has 18 heavy (non-hydrogen) atoms. The summed E-state index contributed by atoms with van der Waals surface area (Å²) in [6, 6.07) is 1.82. The molecule has 0 spiro atoms. The van der Waals surface area contributed by atoms with Crippen LogP contribution in [0.2, 0.25) is 0 Å². The Morgan fingerprint density at radius 2 is 2.22 bits per heavy atom. The van der Waals surface area contributed by atoms with Crippen LogP contribution in [0.1, 0.15) is 18.2 Å². The van der Waals surface area contributed by atoms with Gasteiger partial charge in [0.1, 0.15) is 0 Å². The van der Waals surface area contributed by atoms with E-state index >= 15 is 0 Å². The molecule has 0 radical (unpaired) electrons. The lowest BCUT2D eigenvalue weighted by atomic mass is 10.3. The summed E-state index contributed by atoms with van der Waals surface area (Å²) in [5.41, 5.74) is 1.96. The third kappa shape index (κ3) is 3.19. The fraction of sp³-hybridized carbons (Fsp3) is 0.417. The molecule has 0 aromatic carbocycles. The average Bonchev–Trinajstić information content (AvgIpc) is 2.72. The van der Waals surface area contributed by atoms with E-state index in [1.54, 1.807) is 4.68 Å². The lowest BCUT2D eigenvalue weighted by Gasteiger charge is -2.07. The first-order valence-electron chi connectivity index (χ1n) is 5.87. The summed E-state index contributed by atoms with van der Waals surface area (Å²) in [4.78, 5) is 8.58. The minimum absolute atomic E-state index is 0.572. The molecule has 0 atom stereocenters. The van der Waals surface area contributed by atoms with Gasteiger partial charge in [-0.05, 0) is 13.8 Å². The standard InChI is InChI=1S/C12H17N5O/c1-4-18-11-5-9(2)15-12(16-11)13-6-10-7-14-17(3)8-10/h5,7-8H,4,6H2,1-3H3,(H,13,15,16). The fourth-order valence-corrected chi connectivity index (χ4v) is 1.58. The second kappa shape index (κ2) is 5.48. The molecule has 2 aromatic heterocycles. The zero-order valence-corrected chi connectivity index (χ0v) is 10.8. The van der Waals surface area contributed by atoms with Gasteiger partial charge in [-0.1, -0.05) is 0 Å². The molecule has 0 fully saturated rings. The molecule has 96 valence electrons. The van der Waals surface area contributed by atoms with Crippen LogP contribution in [0.5, 0.6) is 5.88 Å². The molecule has 2 rings (SSSR count). The van der Waals surface area contributed by atoms with E-state index in [9.17, 15) is 0 Å². The summed E-state index contributed by atoms with van der Waals surface area (Å²) in [5.74, 6) is 1.17. The Hall–Kier alpha value is -2.11. The Balaban J connectivity index is 2.04. The average molecular weight is 247 g/mol. The van der Waals surface area contributed by atoms with Gasteiger partial charge >= 0.3 is 0 Å². The predicted octanol–water partition coefficient (Wildman–Crippen LogP) is 1.53. The van der Waals surface area contributed by atoms with Crippen molar-refractivity contribution in [1.82, 2.24) is 19.7 Å². The van der Waals surface area contributed by atoms with E-state index < -0.39 is 0 Å². The number of aryl methyl sites for hydroxylation is 2. The summed E-state index contributed by atoms with van der Waals surface area (Å²) in [6.07, 6.45) is 3.76. The highest BCUT2D eigenvalue weighted by Gasteiger charge is 2.03. The van der Waals surface area contributed by atoms with Gasteiger partial charge < -0.3 is 10.1 Å². The van der Waals surface area contributed by atoms with Crippen molar-refractivity contribution in [3.63, 3.8) is 0 Å². The topological polar surface area (TPSA) is 64.9 Å². The quantitative estimate of drug-likeness (QED) is 0.868. The summed E-state index contributed by atoms with van der Waals surface area (Å²) < 4.78 is 7.14. The van der Waals surface area contributed by atoms with Gasteiger partial charge in [-0.25, -0.2) is 4.98 Å². The van der Waals surface area contributed by atoms with Crippen LogP contribution >= 0.6 is 0 Å². The minimum Gasteiger partial charge on any atom is -0.478 e. The van der Waals surface area contributed by atoms with Crippen molar-refractivity contribution >= 4 is 5.95 Å². The maximum Gasteiger partial charge on any atom is 0.226 e. The van der Waals surface area contributed by atoms with E-state index in [0.29, 0.717) is 25.0 Å². The van der Waals surface area contributed by atoms with Crippen LogP contribution in [-0.2, 0) is 13.6 Å². The third-order valence-electron chi connectivity index (χ3n) is 2.33. The van der Waals surface area contributed by atoms with E-state index in [4.69, 9.17) is 4.74 Å². The number of nitrogens with one attached hydrogen (secondary N) is 1. The Morgan fingerprint density at radius 1 is 1.39 bits per heavy atom. The van der Waals surface area contributed by atoms with Gasteiger partial charge in [0.2, 0.25) is 11.8 Å². The summed E-state index contributed by atoms with van der Waals surface area (Å²) in [7, 11) is 1.89. The molecule has 0 aliphatic rings. The largest absolute Gasteiger partial charge is 0.478 e. The monoisotopic (exact) mass is 247 g/mol. The van der Waals surface area contributed by atoms with Crippen molar-refractivity contribution < 1.29 is 4.74 Å². The number of hydrogen-bond donors (Lipinski definition) is 1. The van der Waals surface area contributed by atoms with E-state index in [2.05, 4.69) is 20.4 Å². The zero-order chi connectivity index (χ0) is 13.0. The van der Waals surface area contributed by atoms with Gasteiger partial charge in [0.25, 0.3) is 0 Å². The van der Waals surface area contributed by atoms with Crippen LogP contribution in [0.4, 0.5) is 5.95 Å². The number of ether oxygens (including phenoxy) is 1. The molecular weight excluding hydrogens is 230 g/mol. The van der Waals surface area contributed by atoms with Crippen molar-refractivity contribution in [2.24, 2.45) is 7.05 Å². The molecule has 0 saturated heterocycles. The molecule has 6 nitrogen and oxygen atoms in total. The van der Waals surface area contributed by atoms with Crippen molar-refractivity contribution in [3.8, 4) is 5.88 Å².